The van der Waals surface area contributed by atoms with Gasteiger partial charge < -0.3 is 9.84 Å². The first-order chi connectivity index (χ1) is 16.3. The minimum absolute atomic E-state index is 0.0340. The number of nitrogens with zero attached hydrogens (tertiary/aromatic N) is 5. The molecule has 0 aliphatic rings. The summed E-state index contributed by atoms with van der Waals surface area (Å²) in [6, 6.07) is 11.9. The highest BCUT2D eigenvalue weighted by molar-refractivity contribution is 6.37. The standard InChI is InChI=1S/C21H10Cl2N6O5/c22-12-6-11(29-21(33)27-19(32)14(8-24)28-29)7-13(23)18(12)34-20-25-9-15(30)16(26-20)17(31)10-4-2-1-3-5-10/h1-7,9,30H,(H,27,32,33). The van der Waals surface area contributed by atoms with E-state index < -0.39 is 28.5 Å². The van der Waals surface area contributed by atoms with E-state index in [4.69, 9.17) is 33.2 Å². The number of hydrogen-bond acceptors (Lipinski definition) is 9. The lowest BCUT2D eigenvalue weighted by atomic mass is 10.1. The van der Waals surface area contributed by atoms with Crippen LogP contribution in [-0.4, -0.2) is 35.6 Å². The van der Waals surface area contributed by atoms with Gasteiger partial charge in [-0.2, -0.15) is 19.9 Å². The Morgan fingerprint density at radius 2 is 1.82 bits per heavy atom. The number of halogens is 2. The summed E-state index contributed by atoms with van der Waals surface area (Å²) < 4.78 is 6.27. The monoisotopic (exact) mass is 496 g/mol. The summed E-state index contributed by atoms with van der Waals surface area (Å²) in [4.78, 5) is 46.1. The lowest BCUT2D eigenvalue weighted by Crippen LogP contribution is -2.33. The fraction of sp³-hybridized carbons (Fsp3) is 0. The lowest BCUT2D eigenvalue weighted by Gasteiger charge is -2.12. The van der Waals surface area contributed by atoms with E-state index in [-0.39, 0.29) is 33.2 Å². The Morgan fingerprint density at radius 3 is 2.47 bits per heavy atom. The molecule has 0 saturated carbocycles. The number of H-pyrrole nitrogens is 1. The fourth-order valence-corrected chi connectivity index (χ4v) is 3.36. The second-order valence-corrected chi connectivity index (χ2v) is 7.37. The third-order valence-electron chi connectivity index (χ3n) is 4.35. The van der Waals surface area contributed by atoms with Crippen molar-refractivity contribution in [1.82, 2.24) is 24.7 Å². The molecule has 4 aromatic rings. The summed E-state index contributed by atoms with van der Waals surface area (Å²) >= 11 is 12.5. The average Bonchev–Trinajstić information content (AvgIpc) is 2.82. The van der Waals surface area contributed by atoms with Crippen LogP contribution >= 0.6 is 23.2 Å². The largest absolute Gasteiger partial charge is 0.504 e. The number of nitriles is 1. The van der Waals surface area contributed by atoms with Gasteiger partial charge >= 0.3 is 11.7 Å². The molecule has 2 N–H and O–H groups in total. The van der Waals surface area contributed by atoms with Gasteiger partial charge in [0.25, 0.3) is 5.56 Å². The van der Waals surface area contributed by atoms with Gasteiger partial charge in [-0.05, 0) is 12.1 Å². The fourth-order valence-electron chi connectivity index (χ4n) is 2.81. The highest BCUT2D eigenvalue weighted by Gasteiger charge is 2.20. The van der Waals surface area contributed by atoms with E-state index in [1.807, 2.05) is 4.98 Å². The highest BCUT2D eigenvalue weighted by Crippen LogP contribution is 2.37. The van der Waals surface area contributed by atoms with E-state index in [1.165, 1.54) is 12.1 Å². The van der Waals surface area contributed by atoms with E-state index in [9.17, 15) is 19.5 Å². The topological polar surface area (TPSA) is 164 Å². The zero-order valence-corrected chi connectivity index (χ0v) is 18.2. The smallest absolute Gasteiger partial charge is 0.349 e. The van der Waals surface area contributed by atoms with Crippen molar-refractivity contribution in [2.24, 2.45) is 0 Å². The van der Waals surface area contributed by atoms with E-state index in [1.54, 1.807) is 36.4 Å². The predicted octanol–water partition coefficient (Wildman–Crippen LogP) is 2.62. The van der Waals surface area contributed by atoms with Gasteiger partial charge in [-0.3, -0.25) is 14.6 Å². The first-order valence-corrected chi connectivity index (χ1v) is 10.0. The van der Waals surface area contributed by atoms with Gasteiger partial charge in [0, 0.05) is 5.56 Å². The number of ether oxygens (including phenoxy) is 1. The van der Waals surface area contributed by atoms with Gasteiger partial charge in [0.15, 0.2) is 17.2 Å². The van der Waals surface area contributed by atoms with Gasteiger partial charge in [0.2, 0.25) is 11.5 Å². The summed E-state index contributed by atoms with van der Waals surface area (Å²) in [6.07, 6.45) is 0.988. The van der Waals surface area contributed by atoms with Crippen molar-refractivity contribution < 1.29 is 14.6 Å². The quantitative estimate of drug-likeness (QED) is 0.395. The minimum atomic E-state index is -0.939. The molecule has 168 valence electrons. The molecule has 0 atom stereocenters. The molecule has 11 nitrogen and oxygen atoms in total. The zero-order valence-electron chi connectivity index (χ0n) is 16.7. The number of rotatable bonds is 5. The Labute approximate surface area is 199 Å². The maximum atomic E-state index is 12.7. The van der Waals surface area contributed by atoms with Crippen molar-refractivity contribution in [3.8, 4) is 29.3 Å². The number of aromatic hydroxyl groups is 1. The van der Waals surface area contributed by atoms with Gasteiger partial charge in [-0.15, -0.1) is 5.10 Å². The number of carbonyl (C=O) groups excluding carboxylic acids is 1. The molecule has 0 fully saturated rings. The van der Waals surface area contributed by atoms with Crippen LogP contribution in [0.25, 0.3) is 5.69 Å². The van der Waals surface area contributed by atoms with Crippen LogP contribution in [0.2, 0.25) is 10.0 Å². The van der Waals surface area contributed by atoms with Crippen LogP contribution in [-0.2, 0) is 0 Å². The van der Waals surface area contributed by atoms with Gasteiger partial charge in [-0.25, -0.2) is 4.79 Å². The molecule has 0 spiro atoms. The van der Waals surface area contributed by atoms with Crippen LogP contribution in [0, 0.1) is 11.3 Å². The molecule has 0 saturated heterocycles. The van der Waals surface area contributed by atoms with Crippen LogP contribution in [0.1, 0.15) is 21.7 Å². The molecule has 34 heavy (non-hydrogen) atoms. The minimum Gasteiger partial charge on any atom is -0.504 e. The molecule has 13 heteroatoms. The number of nitrogens with one attached hydrogen (secondary N) is 1. The number of ketones is 1. The third kappa shape index (κ3) is 4.36. The van der Waals surface area contributed by atoms with Gasteiger partial charge in [0.05, 0.1) is 21.9 Å². The average molecular weight is 497 g/mol. The van der Waals surface area contributed by atoms with E-state index >= 15 is 0 Å². The lowest BCUT2D eigenvalue weighted by molar-refractivity contribution is 0.103. The number of benzene rings is 2. The Bertz CT molecular complexity index is 1570. The summed E-state index contributed by atoms with van der Waals surface area (Å²) in [5, 5.41) is 22.5. The molecular weight excluding hydrogens is 487 g/mol. The normalized spacial score (nSPS) is 10.5. The van der Waals surface area contributed by atoms with Crippen molar-refractivity contribution in [3.05, 3.63) is 96.5 Å². The van der Waals surface area contributed by atoms with Crippen LogP contribution in [0.4, 0.5) is 0 Å². The maximum absolute atomic E-state index is 12.7. The van der Waals surface area contributed by atoms with E-state index in [0.29, 0.717) is 5.56 Å². The summed E-state index contributed by atoms with van der Waals surface area (Å²) in [6.45, 7) is 0. The number of aromatic nitrogens is 5. The predicted molar refractivity (Wildman–Crippen MR) is 119 cm³/mol. The van der Waals surface area contributed by atoms with E-state index in [0.717, 1.165) is 10.9 Å². The van der Waals surface area contributed by atoms with E-state index in [2.05, 4.69) is 15.1 Å². The highest BCUT2D eigenvalue weighted by atomic mass is 35.5. The van der Waals surface area contributed by atoms with Crippen LogP contribution in [0.15, 0.2) is 58.3 Å². The van der Waals surface area contributed by atoms with Crippen LogP contribution in [0.3, 0.4) is 0 Å². The van der Waals surface area contributed by atoms with Crippen molar-refractivity contribution in [1.29, 1.82) is 5.26 Å². The van der Waals surface area contributed by atoms with Crippen LogP contribution < -0.4 is 16.0 Å². The molecule has 0 aliphatic carbocycles. The molecule has 0 bridgehead atoms. The molecule has 0 aliphatic heterocycles. The molecule has 4 rings (SSSR count). The molecular formula is C21H10Cl2N6O5. The second-order valence-electron chi connectivity index (χ2n) is 6.55. The Morgan fingerprint density at radius 1 is 1.15 bits per heavy atom. The summed E-state index contributed by atoms with van der Waals surface area (Å²) in [5.41, 5.74) is -2.37. The van der Waals surface area contributed by atoms with Crippen molar-refractivity contribution in [2.45, 2.75) is 0 Å². The van der Waals surface area contributed by atoms with Gasteiger partial charge in [-0.1, -0.05) is 53.5 Å². The summed E-state index contributed by atoms with van der Waals surface area (Å²) in [5.74, 6) is -1.13. The number of hydrogen-bond donors (Lipinski definition) is 2. The number of carbonyl (C=O) groups is 1. The SMILES string of the molecule is N#Cc1nn(-c2cc(Cl)c(Oc3ncc(O)c(C(=O)c4ccccc4)n3)c(Cl)c2)c(=O)[nH]c1=O. The summed E-state index contributed by atoms with van der Waals surface area (Å²) in [7, 11) is 0. The molecule has 0 unspecified atom stereocenters. The van der Waals surface area contributed by atoms with Crippen molar-refractivity contribution in [3.63, 3.8) is 0 Å². The van der Waals surface area contributed by atoms with Crippen LogP contribution in [0.5, 0.6) is 17.5 Å². The first kappa shape index (κ1) is 22.7. The Hall–Kier alpha value is -4.53. The maximum Gasteiger partial charge on any atom is 0.349 e. The molecule has 2 heterocycles. The molecule has 2 aromatic heterocycles. The van der Waals surface area contributed by atoms with Crippen molar-refractivity contribution in [2.75, 3.05) is 0 Å². The van der Waals surface area contributed by atoms with Gasteiger partial charge in [0.1, 0.15) is 6.07 Å². The zero-order chi connectivity index (χ0) is 24.4. The second kappa shape index (κ2) is 9.14. The number of aromatic amines is 1. The van der Waals surface area contributed by atoms with Crippen molar-refractivity contribution >= 4 is 29.0 Å². The Balaban J connectivity index is 1.70. The molecule has 0 amide bonds. The first-order valence-electron chi connectivity index (χ1n) is 9.25. The molecule has 2 aromatic carbocycles. The Kier molecular flexibility index (Phi) is 6.09. The molecule has 0 radical (unpaired) electrons. The third-order valence-corrected chi connectivity index (χ3v) is 4.91.